The van der Waals surface area contributed by atoms with Crippen molar-refractivity contribution in [3.63, 3.8) is 0 Å². The predicted octanol–water partition coefficient (Wildman–Crippen LogP) is 3.33. The van der Waals surface area contributed by atoms with Crippen LogP contribution in [-0.2, 0) is 16.6 Å². The Balaban J connectivity index is 1.64. The summed E-state index contributed by atoms with van der Waals surface area (Å²) in [5.41, 5.74) is 3.81. The molecular formula is C20H24O3. The number of fused-ring (bicyclic) bond motifs is 1. The van der Waals surface area contributed by atoms with Gasteiger partial charge in [0, 0.05) is 18.1 Å². The van der Waals surface area contributed by atoms with Crippen molar-refractivity contribution in [1.29, 1.82) is 0 Å². The molecule has 23 heavy (non-hydrogen) atoms. The molecule has 1 heterocycles. The molecule has 0 aromatic heterocycles. The third-order valence-corrected chi connectivity index (χ3v) is 7.99. The molecule has 3 fully saturated rings. The van der Waals surface area contributed by atoms with E-state index in [1.165, 1.54) is 36.8 Å². The molecule has 3 nitrogen and oxygen atoms in total. The smallest absolute Gasteiger partial charge is 0.165 e. The Morgan fingerprint density at radius 1 is 1.22 bits per heavy atom. The Morgan fingerprint density at radius 2 is 2.09 bits per heavy atom. The molecule has 0 saturated heterocycles. The summed E-state index contributed by atoms with van der Waals surface area (Å²) in [5, 5.41) is 0. The summed E-state index contributed by atoms with van der Waals surface area (Å²) < 4.78 is 18.2. The van der Waals surface area contributed by atoms with Gasteiger partial charge in [-0.05, 0) is 60.5 Å². The fourth-order valence-corrected chi connectivity index (χ4v) is 7.29. The minimum atomic E-state index is 0.177. The van der Waals surface area contributed by atoms with E-state index in [4.69, 9.17) is 14.2 Å². The fraction of sp³-hybridized carbons (Fsp3) is 0.700. The van der Waals surface area contributed by atoms with Gasteiger partial charge in [0.15, 0.2) is 11.5 Å². The van der Waals surface area contributed by atoms with Crippen LogP contribution in [0.5, 0.6) is 11.5 Å². The van der Waals surface area contributed by atoms with Crippen LogP contribution in [0.15, 0.2) is 12.1 Å². The number of hydrogen-bond acceptors (Lipinski definition) is 3. The Labute approximate surface area is 137 Å². The molecule has 1 aromatic carbocycles. The molecule has 1 aromatic rings. The second-order valence-corrected chi connectivity index (χ2v) is 8.76. The Hall–Kier alpha value is -1.22. The van der Waals surface area contributed by atoms with Gasteiger partial charge in [-0.25, -0.2) is 0 Å². The van der Waals surface area contributed by atoms with E-state index in [2.05, 4.69) is 19.1 Å². The molecular weight excluding hydrogens is 288 g/mol. The van der Waals surface area contributed by atoms with Crippen LogP contribution in [0.2, 0.25) is 0 Å². The molecule has 3 heteroatoms. The van der Waals surface area contributed by atoms with Crippen molar-refractivity contribution in [3.05, 3.63) is 23.3 Å². The molecule has 0 N–H and O–H groups in total. The molecule has 0 amide bonds. The number of ether oxygens (including phenoxy) is 3. The zero-order valence-corrected chi connectivity index (χ0v) is 14.1. The summed E-state index contributed by atoms with van der Waals surface area (Å²) >= 11 is 0. The van der Waals surface area contributed by atoms with Crippen LogP contribution in [0.4, 0.5) is 0 Å². The van der Waals surface area contributed by atoms with Gasteiger partial charge in [0.1, 0.15) is 6.10 Å². The van der Waals surface area contributed by atoms with Crippen molar-refractivity contribution in [1.82, 2.24) is 0 Å². The summed E-state index contributed by atoms with van der Waals surface area (Å²) in [4.78, 5) is 0. The molecule has 5 aliphatic rings. The molecule has 122 valence electrons. The van der Waals surface area contributed by atoms with Crippen molar-refractivity contribution in [3.8, 4) is 11.5 Å². The van der Waals surface area contributed by atoms with Crippen molar-refractivity contribution in [2.45, 2.75) is 50.2 Å². The Kier molecular flexibility index (Phi) is 2.12. The van der Waals surface area contributed by atoms with Crippen molar-refractivity contribution in [2.75, 3.05) is 14.2 Å². The molecule has 2 bridgehead atoms. The van der Waals surface area contributed by atoms with Gasteiger partial charge in [-0.1, -0.05) is 13.0 Å². The summed E-state index contributed by atoms with van der Waals surface area (Å²) in [5.74, 6) is 4.21. The van der Waals surface area contributed by atoms with Gasteiger partial charge in [0.2, 0.25) is 0 Å². The molecule has 3 saturated carbocycles. The third-order valence-electron chi connectivity index (χ3n) is 7.99. The zero-order chi connectivity index (χ0) is 15.6. The lowest BCUT2D eigenvalue weighted by molar-refractivity contribution is -0.0991. The lowest BCUT2D eigenvalue weighted by atomic mass is 9.55. The quantitative estimate of drug-likeness (QED) is 0.838. The summed E-state index contributed by atoms with van der Waals surface area (Å²) in [6, 6.07) is 4.42. The second kappa shape index (κ2) is 3.72. The third kappa shape index (κ3) is 1.21. The number of hydrogen-bond donors (Lipinski definition) is 0. The largest absolute Gasteiger partial charge is 0.493 e. The van der Waals surface area contributed by atoms with E-state index in [-0.39, 0.29) is 17.6 Å². The first-order chi connectivity index (χ1) is 11.1. The molecule has 6 rings (SSSR count). The van der Waals surface area contributed by atoms with E-state index < -0.39 is 0 Å². The maximum Gasteiger partial charge on any atom is 0.165 e. The zero-order valence-electron chi connectivity index (χ0n) is 14.1. The Bertz CT molecular complexity index is 728. The van der Waals surface area contributed by atoms with Gasteiger partial charge in [-0.15, -0.1) is 0 Å². The van der Waals surface area contributed by atoms with E-state index in [0.717, 1.165) is 23.3 Å². The normalized spacial score (nSPS) is 50.1. The van der Waals surface area contributed by atoms with Crippen LogP contribution in [0.25, 0.3) is 0 Å². The first kappa shape index (κ1) is 13.1. The average Bonchev–Trinajstić information content (AvgIpc) is 3.01. The van der Waals surface area contributed by atoms with Gasteiger partial charge >= 0.3 is 0 Å². The SMILES string of the molecule is COc1ccc2c3c1OC1C(OC)C(C)CC4C5CC5(C2)CC341. The first-order valence-electron chi connectivity index (χ1n) is 9.04. The molecule has 7 unspecified atom stereocenters. The second-order valence-electron chi connectivity index (χ2n) is 8.76. The standard InChI is InChI=1S/C20H24O3/c1-10-6-12-13-8-19(13)7-11-4-5-14(21-2)17-15(11)20(12,9-19)18(23-17)16(10)22-3/h4-5,10,12-13,16,18H,6-9H2,1-3H3. The van der Waals surface area contributed by atoms with Crippen molar-refractivity contribution < 1.29 is 14.2 Å². The molecule has 1 aliphatic heterocycles. The predicted molar refractivity (Wildman–Crippen MR) is 86.0 cm³/mol. The minimum Gasteiger partial charge on any atom is -0.493 e. The van der Waals surface area contributed by atoms with E-state index >= 15 is 0 Å². The number of rotatable bonds is 2. The van der Waals surface area contributed by atoms with Gasteiger partial charge in [0.25, 0.3) is 0 Å². The number of benzene rings is 1. The van der Waals surface area contributed by atoms with E-state index in [1.54, 1.807) is 7.11 Å². The highest BCUT2D eigenvalue weighted by atomic mass is 16.6. The Morgan fingerprint density at radius 3 is 2.87 bits per heavy atom. The van der Waals surface area contributed by atoms with Crippen LogP contribution in [0, 0.1) is 23.2 Å². The monoisotopic (exact) mass is 312 g/mol. The van der Waals surface area contributed by atoms with Gasteiger partial charge < -0.3 is 14.2 Å². The van der Waals surface area contributed by atoms with Crippen LogP contribution in [0.1, 0.15) is 37.3 Å². The van der Waals surface area contributed by atoms with Crippen molar-refractivity contribution in [2.24, 2.45) is 23.2 Å². The van der Waals surface area contributed by atoms with E-state index in [1.807, 2.05) is 7.11 Å². The van der Waals surface area contributed by atoms with Crippen LogP contribution in [-0.4, -0.2) is 26.4 Å². The summed E-state index contributed by atoms with van der Waals surface area (Å²) in [6.07, 6.45) is 5.68. The summed E-state index contributed by atoms with van der Waals surface area (Å²) in [7, 11) is 3.61. The molecule has 0 radical (unpaired) electrons. The average molecular weight is 312 g/mol. The topological polar surface area (TPSA) is 27.7 Å². The lowest BCUT2D eigenvalue weighted by Crippen LogP contribution is -2.57. The highest BCUT2D eigenvalue weighted by Gasteiger charge is 2.79. The van der Waals surface area contributed by atoms with Gasteiger partial charge in [0.05, 0.1) is 13.2 Å². The van der Waals surface area contributed by atoms with Crippen LogP contribution < -0.4 is 9.47 Å². The maximum atomic E-state index is 6.63. The fourth-order valence-electron chi connectivity index (χ4n) is 7.29. The highest BCUT2D eigenvalue weighted by molar-refractivity contribution is 5.63. The lowest BCUT2D eigenvalue weighted by Gasteiger charge is -2.50. The highest BCUT2D eigenvalue weighted by Crippen LogP contribution is 2.81. The maximum absolute atomic E-state index is 6.63. The minimum absolute atomic E-state index is 0.177. The van der Waals surface area contributed by atoms with E-state index in [0.29, 0.717) is 11.3 Å². The van der Waals surface area contributed by atoms with Crippen LogP contribution >= 0.6 is 0 Å². The molecule has 7 atom stereocenters. The molecule has 4 aliphatic carbocycles. The van der Waals surface area contributed by atoms with Crippen LogP contribution in [0.3, 0.4) is 0 Å². The van der Waals surface area contributed by atoms with Gasteiger partial charge in [-0.2, -0.15) is 0 Å². The molecule has 2 spiro atoms. The summed E-state index contributed by atoms with van der Waals surface area (Å²) in [6.45, 7) is 2.35. The number of methoxy groups -OCH3 is 2. The van der Waals surface area contributed by atoms with Crippen molar-refractivity contribution >= 4 is 0 Å². The first-order valence-corrected chi connectivity index (χ1v) is 9.04. The van der Waals surface area contributed by atoms with Gasteiger partial charge in [-0.3, -0.25) is 0 Å². The van der Waals surface area contributed by atoms with E-state index in [9.17, 15) is 0 Å².